The van der Waals surface area contributed by atoms with Gasteiger partial charge < -0.3 is 9.80 Å². The highest BCUT2D eigenvalue weighted by Gasteiger charge is 2.24. The number of nitrogens with zero attached hydrogens (tertiary/aromatic N) is 4. The smallest absolute Gasteiger partial charge is 0.147 e. The van der Waals surface area contributed by atoms with Crippen molar-refractivity contribution in [2.45, 2.75) is 19.9 Å². The van der Waals surface area contributed by atoms with Crippen LogP contribution >= 0.6 is 0 Å². The first kappa shape index (κ1) is 11.9. The number of pyridine rings is 1. The molecule has 2 heterocycles. The van der Waals surface area contributed by atoms with Crippen LogP contribution in [0.2, 0.25) is 0 Å². The Kier molecular flexibility index (Phi) is 3.30. The maximum Gasteiger partial charge on any atom is 0.147 e. The second-order valence-corrected chi connectivity index (χ2v) is 4.74. The Morgan fingerprint density at radius 3 is 2.82 bits per heavy atom. The molecule has 0 radical (unpaired) electrons. The molecule has 1 aliphatic rings. The third-order valence-electron chi connectivity index (χ3n) is 3.24. The quantitative estimate of drug-likeness (QED) is 0.731. The van der Waals surface area contributed by atoms with E-state index in [4.69, 9.17) is 5.26 Å². The van der Waals surface area contributed by atoms with Gasteiger partial charge in [0.1, 0.15) is 11.9 Å². The molecule has 4 nitrogen and oxygen atoms in total. The predicted octanol–water partition coefficient (Wildman–Crippen LogP) is 1.40. The fourth-order valence-corrected chi connectivity index (χ4v) is 2.30. The molecular weight excluding hydrogens is 212 g/mol. The van der Waals surface area contributed by atoms with Crippen LogP contribution in [0.15, 0.2) is 12.1 Å². The van der Waals surface area contributed by atoms with Crippen LogP contribution in [0.1, 0.15) is 18.2 Å². The summed E-state index contributed by atoms with van der Waals surface area (Å²) in [6, 6.07) is 6.39. The Labute approximate surface area is 102 Å². The normalized spacial score (nSPS) is 21.3. The third-order valence-corrected chi connectivity index (χ3v) is 3.24. The van der Waals surface area contributed by atoms with Gasteiger partial charge in [-0.05, 0) is 33.0 Å². The highest BCUT2D eigenvalue weighted by molar-refractivity contribution is 5.55. The zero-order chi connectivity index (χ0) is 12.4. The molecule has 17 heavy (non-hydrogen) atoms. The molecule has 1 atom stereocenters. The molecule has 1 aromatic heterocycles. The van der Waals surface area contributed by atoms with Crippen molar-refractivity contribution >= 4 is 5.82 Å². The minimum absolute atomic E-state index is 0.398. The van der Waals surface area contributed by atoms with Crippen molar-refractivity contribution in [3.05, 3.63) is 23.4 Å². The van der Waals surface area contributed by atoms with Crippen LogP contribution in [0.4, 0.5) is 5.82 Å². The summed E-state index contributed by atoms with van der Waals surface area (Å²) in [5, 5.41) is 9.15. The van der Waals surface area contributed by atoms with Gasteiger partial charge in [0.15, 0.2) is 0 Å². The van der Waals surface area contributed by atoms with Gasteiger partial charge in [0.05, 0.1) is 5.56 Å². The Bertz CT molecular complexity index is 449. The largest absolute Gasteiger partial charge is 0.350 e. The number of hydrogen-bond donors (Lipinski definition) is 0. The lowest BCUT2D eigenvalue weighted by Crippen LogP contribution is -2.51. The van der Waals surface area contributed by atoms with E-state index in [0.717, 1.165) is 31.1 Å². The highest BCUT2D eigenvalue weighted by Crippen LogP contribution is 2.22. The van der Waals surface area contributed by atoms with Crippen molar-refractivity contribution < 1.29 is 0 Å². The van der Waals surface area contributed by atoms with Crippen LogP contribution in [0, 0.1) is 18.3 Å². The molecule has 90 valence electrons. The van der Waals surface area contributed by atoms with E-state index < -0.39 is 0 Å². The Morgan fingerprint density at radius 2 is 2.18 bits per heavy atom. The van der Waals surface area contributed by atoms with Crippen LogP contribution in [-0.2, 0) is 0 Å². The van der Waals surface area contributed by atoms with Crippen LogP contribution in [-0.4, -0.2) is 42.6 Å². The van der Waals surface area contributed by atoms with Crippen LogP contribution in [0.25, 0.3) is 0 Å². The lowest BCUT2D eigenvalue weighted by Gasteiger charge is -2.39. The van der Waals surface area contributed by atoms with Crippen molar-refractivity contribution in [2.75, 3.05) is 31.6 Å². The predicted molar refractivity (Wildman–Crippen MR) is 68.0 cm³/mol. The second kappa shape index (κ2) is 4.72. The van der Waals surface area contributed by atoms with Crippen molar-refractivity contribution in [3.63, 3.8) is 0 Å². The summed E-state index contributed by atoms with van der Waals surface area (Å²) in [6.45, 7) is 7.11. The molecule has 1 unspecified atom stereocenters. The lowest BCUT2D eigenvalue weighted by atomic mass is 10.1. The average molecular weight is 230 g/mol. The highest BCUT2D eigenvalue weighted by atomic mass is 15.3. The second-order valence-electron chi connectivity index (χ2n) is 4.74. The molecule has 1 fully saturated rings. The topological polar surface area (TPSA) is 43.2 Å². The van der Waals surface area contributed by atoms with Gasteiger partial charge in [0.25, 0.3) is 0 Å². The van der Waals surface area contributed by atoms with Crippen LogP contribution in [0.3, 0.4) is 0 Å². The van der Waals surface area contributed by atoms with Crippen LogP contribution in [0.5, 0.6) is 0 Å². The van der Waals surface area contributed by atoms with E-state index >= 15 is 0 Å². The lowest BCUT2D eigenvalue weighted by molar-refractivity contribution is 0.274. The Hall–Kier alpha value is -1.60. The van der Waals surface area contributed by atoms with Gasteiger partial charge in [0, 0.05) is 31.4 Å². The minimum Gasteiger partial charge on any atom is -0.350 e. The standard InChI is InChI=1S/C13H18N4/c1-10-4-5-12(8-14)13(15-10)17-7-6-16(3)9-11(17)2/h4-5,11H,6-7,9H2,1-3H3. The third kappa shape index (κ3) is 2.40. The van der Waals surface area contributed by atoms with Gasteiger partial charge in [0.2, 0.25) is 0 Å². The first-order valence-electron chi connectivity index (χ1n) is 5.94. The summed E-state index contributed by atoms with van der Waals surface area (Å²) in [5.74, 6) is 0.841. The monoisotopic (exact) mass is 230 g/mol. The van der Waals surface area contributed by atoms with Crippen LogP contribution < -0.4 is 4.90 Å². The van der Waals surface area contributed by atoms with E-state index in [1.807, 2.05) is 19.1 Å². The maximum absolute atomic E-state index is 9.15. The number of aryl methyl sites for hydroxylation is 1. The molecule has 0 spiro atoms. The SMILES string of the molecule is Cc1ccc(C#N)c(N2CCN(C)CC2C)n1. The summed E-state index contributed by atoms with van der Waals surface area (Å²) in [7, 11) is 2.13. The van der Waals surface area contributed by atoms with Crippen molar-refractivity contribution in [3.8, 4) is 6.07 Å². The summed E-state index contributed by atoms with van der Waals surface area (Å²) in [6.07, 6.45) is 0. The summed E-state index contributed by atoms with van der Waals surface area (Å²) >= 11 is 0. The van der Waals surface area contributed by atoms with E-state index in [0.29, 0.717) is 11.6 Å². The zero-order valence-corrected chi connectivity index (χ0v) is 10.6. The molecule has 4 heteroatoms. The number of aromatic nitrogens is 1. The van der Waals surface area contributed by atoms with E-state index in [2.05, 4.69) is 34.8 Å². The van der Waals surface area contributed by atoms with Gasteiger partial charge in [-0.1, -0.05) is 0 Å². The maximum atomic E-state index is 9.15. The average Bonchev–Trinajstić information content (AvgIpc) is 2.29. The number of hydrogen-bond acceptors (Lipinski definition) is 4. The van der Waals surface area contributed by atoms with Crippen molar-refractivity contribution in [1.82, 2.24) is 9.88 Å². The molecule has 0 amide bonds. The fraction of sp³-hybridized carbons (Fsp3) is 0.538. The molecule has 1 saturated heterocycles. The van der Waals surface area contributed by atoms with Gasteiger partial charge >= 0.3 is 0 Å². The van der Waals surface area contributed by atoms with E-state index in [9.17, 15) is 0 Å². The van der Waals surface area contributed by atoms with Crippen molar-refractivity contribution in [1.29, 1.82) is 5.26 Å². The zero-order valence-electron chi connectivity index (χ0n) is 10.6. The molecule has 0 aromatic carbocycles. The van der Waals surface area contributed by atoms with E-state index in [1.165, 1.54) is 0 Å². The number of piperazine rings is 1. The number of rotatable bonds is 1. The number of anilines is 1. The summed E-state index contributed by atoms with van der Waals surface area (Å²) in [5.41, 5.74) is 1.64. The summed E-state index contributed by atoms with van der Waals surface area (Å²) < 4.78 is 0. The molecule has 1 aliphatic heterocycles. The van der Waals surface area contributed by atoms with Gasteiger partial charge in [-0.2, -0.15) is 5.26 Å². The van der Waals surface area contributed by atoms with E-state index in [-0.39, 0.29) is 0 Å². The van der Waals surface area contributed by atoms with Gasteiger partial charge in [-0.25, -0.2) is 4.98 Å². The Morgan fingerprint density at radius 1 is 1.41 bits per heavy atom. The minimum atomic E-state index is 0.398. The fourth-order valence-electron chi connectivity index (χ4n) is 2.30. The molecular formula is C13H18N4. The first-order valence-corrected chi connectivity index (χ1v) is 5.94. The molecule has 2 rings (SSSR count). The number of likely N-dealkylation sites (N-methyl/N-ethyl adjacent to an activating group) is 1. The molecule has 0 saturated carbocycles. The molecule has 0 aliphatic carbocycles. The van der Waals surface area contributed by atoms with Gasteiger partial charge in [-0.3, -0.25) is 0 Å². The number of nitriles is 1. The molecule has 0 N–H and O–H groups in total. The Balaban J connectivity index is 2.33. The summed E-state index contributed by atoms with van der Waals surface area (Å²) in [4.78, 5) is 9.08. The van der Waals surface area contributed by atoms with E-state index in [1.54, 1.807) is 0 Å². The molecule has 0 bridgehead atoms. The van der Waals surface area contributed by atoms with Crippen molar-refractivity contribution in [2.24, 2.45) is 0 Å². The van der Waals surface area contributed by atoms with Gasteiger partial charge in [-0.15, -0.1) is 0 Å². The first-order chi connectivity index (χ1) is 8.11. The molecule has 1 aromatic rings.